The second-order valence-corrected chi connectivity index (χ2v) is 16.0. The van der Waals surface area contributed by atoms with Gasteiger partial charge in [0.25, 0.3) is 0 Å². The maximum absolute atomic E-state index is 14.0. The first-order chi connectivity index (χ1) is 28.7. The summed E-state index contributed by atoms with van der Waals surface area (Å²) in [4.78, 5) is 28.1. The van der Waals surface area contributed by atoms with E-state index in [1.54, 1.807) is 26.0 Å². The average Bonchev–Trinajstić information content (AvgIpc) is 3.20. The van der Waals surface area contributed by atoms with Crippen LogP contribution in [0.2, 0.25) is 0 Å². The van der Waals surface area contributed by atoms with E-state index in [1.165, 1.54) is 12.4 Å². The Kier molecular flexibility index (Phi) is 13.1. The van der Waals surface area contributed by atoms with Crippen LogP contribution in [0, 0.1) is 25.7 Å². The summed E-state index contributed by atoms with van der Waals surface area (Å²) >= 11 is 0. The summed E-state index contributed by atoms with van der Waals surface area (Å²) in [5.41, 5.74) is 5.14. The molecule has 60 heavy (non-hydrogen) atoms. The largest absolute Gasteiger partial charge is 0.507 e. The minimum absolute atomic E-state index is 0.0284. The van der Waals surface area contributed by atoms with Crippen molar-refractivity contribution in [3.8, 4) is 34.1 Å². The zero-order valence-corrected chi connectivity index (χ0v) is 35.7. The smallest absolute Gasteiger partial charge is 0.229 e. The molecule has 0 aliphatic heterocycles. The summed E-state index contributed by atoms with van der Waals surface area (Å²) in [6.07, 6.45) is 6.85. The number of ketones is 2. The summed E-state index contributed by atoms with van der Waals surface area (Å²) in [6, 6.07) is 18.2. The van der Waals surface area contributed by atoms with E-state index in [0.29, 0.717) is 69.5 Å². The van der Waals surface area contributed by atoms with Crippen LogP contribution in [-0.2, 0) is 9.59 Å². The van der Waals surface area contributed by atoms with Gasteiger partial charge in [0.1, 0.15) is 23.0 Å². The highest BCUT2D eigenvalue weighted by molar-refractivity contribution is 6.35. The molecular weight excluding hydrogens is 757 g/mol. The van der Waals surface area contributed by atoms with Crippen LogP contribution in [0.3, 0.4) is 0 Å². The van der Waals surface area contributed by atoms with Crippen molar-refractivity contribution in [2.75, 3.05) is 23.8 Å². The third kappa shape index (κ3) is 8.37. The van der Waals surface area contributed by atoms with Gasteiger partial charge in [-0.2, -0.15) is 0 Å². The van der Waals surface area contributed by atoms with E-state index in [0.717, 1.165) is 25.7 Å². The minimum atomic E-state index is -0.667. The molecule has 0 saturated heterocycles. The van der Waals surface area contributed by atoms with Crippen LogP contribution >= 0.6 is 0 Å². The summed E-state index contributed by atoms with van der Waals surface area (Å²) in [5, 5.41) is 53.9. The first-order valence-electron chi connectivity index (χ1n) is 20.8. The number of aliphatic hydroxyl groups excluding tert-OH is 2. The normalized spacial score (nSPS) is 15.3. The molecule has 0 atom stereocenters. The van der Waals surface area contributed by atoms with Crippen LogP contribution in [0.15, 0.2) is 84.6 Å². The van der Waals surface area contributed by atoms with E-state index < -0.39 is 23.1 Å². The van der Waals surface area contributed by atoms with E-state index in [4.69, 9.17) is 9.47 Å². The van der Waals surface area contributed by atoms with Gasteiger partial charge in [-0.25, -0.2) is 0 Å². The van der Waals surface area contributed by atoms with Crippen LogP contribution in [-0.4, -0.2) is 45.2 Å². The van der Waals surface area contributed by atoms with Gasteiger partial charge >= 0.3 is 0 Å². The SMILES string of the molecule is CCCCOc1ccc(NC=C2C(=O)C(O)=C(C(C)C)c3cc(C)c(-c4c(C)cc5c(c4O)C(=CNc4ccc(OCCCC)cc4)C(=O)C(O)=C5C(C)C)c(O)c32)cc1. The third-order valence-corrected chi connectivity index (χ3v) is 11.0. The number of hydrogen-bond acceptors (Lipinski definition) is 10. The van der Waals surface area contributed by atoms with Crippen LogP contribution in [0.1, 0.15) is 101 Å². The number of Topliss-reactive ketones (excluding diaryl/α,β-unsaturated/α-hetero) is 2. The number of aromatic hydroxyl groups is 2. The maximum atomic E-state index is 14.0. The lowest BCUT2D eigenvalue weighted by Gasteiger charge is -2.29. The van der Waals surface area contributed by atoms with E-state index in [2.05, 4.69) is 24.5 Å². The zero-order chi connectivity index (χ0) is 43.4. The Balaban J connectivity index is 1.50. The number of fused-ring (bicyclic) bond motifs is 2. The molecule has 4 aromatic rings. The maximum Gasteiger partial charge on any atom is 0.229 e. The number of carbonyl (C=O) groups excluding carboxylic acids is 2. The van der Waals surface area contributed by atoms with Gasteiger partial charge in [0, 0.05) is 57.2 Å². The van der Waals surface area contributed by atoms with Crippen LogP contribution in [0.5, 0.6) is 23.0 Å². The van der Waals surface area contributed by atoms with Gasteiger partial charge in [-0.1, -0.05) is 66.5 Å². The number of carbonyl (C=O) groups is 2. The fourth-order valence-electron chi connectivity index (χ4n) is 7.90. The zero-order valence-electron chi connectivity index (χ0n) is 35.7. The van der Waals surface area contributed by atoms with Gasteiger partial charge in [0.15, 0.2) is 11.5 Å². The molecule has 2 aliphatic carbocycles. The highest BCUT2D eigenvalue weighted by Gasteiger charge is 2.38. The number of phenols is 2. The topological polar surface area (TPSA) is 158 Å². The number of hydrogen-bond donors (Lipinski definition) is 6. The molecule has 0 bridgehead atoms. The van der Waals surface area contributed by atoms with Crippen molar-refractivity contribution in [1.82, 2.24) is 0 Å². The molecule has 0 spiro atoms. The van der Waals surface area contributed by atoms with E-state index in [-0.39, 0.29) is 56.7 Å². The van der Waals surface area contributed by atoms with Gasteiger partial charge in [-0.3, -0.25) is 9.59 Å². The van der Waals surface area contributed by atoms with Crippen molar-refractivity contribution in [3.63, 3.8) is 0 Å². The monoisotopic (exact) mass is 812 g/mol. The molecule has 0 fully saturated rings. The van der Waals surface area contributed by atoms with Crippen molar-refractivity contribution in [1.29, 1.82) is 0 Å². The summed E-state index contributed by atoms with van der Waals surface area (Å²) < 4.78 is 11.6. The predicted molar refractivity (Wildman–Crippen MR) is 240 cm³/mol. The molecule has 6 rings (SSSR count). The van der Waals surface area contributed by atoms with Crippen molar-refractivity contribution in [2.24, 2.45) is 11.8 Å². The Morgan fingerprint density at radius 3 is 1.23 bits per heavy atom. The molecule has 0 unspecified atom stereocenters. The van der Waals surface area contributed by atoms with Crippen molar-refractivity contribution in [3.05, 3.63) is 118 Å². The molecule has 10 nitrogen and oxygen atoms in total. The highest BCUT2D eigenvalue weighted by Crippen LogP contribution is 2.53. The number of phenolic OH excluding ortho intramolecular Hbond substituents is 2. The predicted octanol–water partition coefficient (Wildman–Crippen LogP) is 11.7. The number of aliphatic hydroxyl groups is 2. The number of unbranched alkanes of at least 4 members (excludes halogenated alkanes) is 2. The van der Waals surface area contributed by atoms with Crippen LogP contribution < -0.4 is 20.1 Å². The summed E-state index contributed by atoms with van der Waals surface area (Å²) in [6.45, 7) is 16.4. The summed E-state index contributed by atoms with van der Waals surface area (Å²) in [5.74, 6) is -1.83. The molecule has 10 heteroatoms. The van der Waals surface area contributed by atoms with Crippen LogP contribution in [0.4, 0.5) is 11.4 Å². The Bertz CT molecular complexity index is 2260. The number of allylic oxidation sites excluding steroid dienone is 4. The molecule has 0 amide bonds. The lowest BCUT2D eigenvalue weighted by atomic mass is 9.75. The number of nitrogens with one attached hydrogen (secondary N) is 2. The quantitative estimate of drug-likeness (QED) is 0.0504. The van der Waals surface area contributed by atoms with Gasteiger partial charge in [-0.05, 0) is 109 Å². The molecule has 314 valence electrons. The second-order valence-electron chi connectivity index (χ2n) is 16.0. The Hall–Kier alpha value is -6.42. The number of anilines is 2. The van der Waals surface area contributed by atoms with Gasteiger partial charge < -0.3 is 40.5 Å². The van der Waals surface area contributed by atoms with Crippen molar-refractivity contribution in [2.45, 2.75) is 81.1 Å². The average molecular weight is 813 g/mol. The molecule has 4 aromatic carbocycles. The Labute approximate surface area is 352 Å². The fourth-order valence-corrected chi connectivity index (χ4v) is 7.90. The second kappa shape index (κ2) is 18.2. The number of ether oxygens (including phenoxy) is 2. The lowest BCUT2D eigenvalue weighted by molar-refractivity contribution is -0.113. The van der Waals surface area contributed by atoms with E-state index in [1.807, 2.05) is 76.2 Å². The molecule has 0 saturated carbocycles. The molecular formula is C50H56N2O8. The highest BCUT2D eigenvalue weighted by atomic mass is 16.5. The van der Waals surface area contributed by atoms with Crippen molar-refractivity contribution < 1.29 is 39.5 Å². The fraction of sp³-hybridized carbons (Fsp3) is 0.320. The number of rotatable bonds is 15. The third-order valence-electron chi connectivity index (χ3n) is 11.0. The standard InChI is InChI=1S/C50H56N2O8/c1-9-11-21-59-33-17-13-31(14-18-33)51-25-37-43-35(39(27(3)4)49(57)45(37)53)23-29(7)41(47(43)55)42-30(8)24-36-40(28(5)6)50(58)46(54)38(44(36)48(42)56)26-52-32-15-19-34(20-16-32)60-22-12-10-2/h13-20,23-28,51-52,55-58H,9-12,21-22H2,1-8H3. The molecule has 6 N–H and O–H groups in total. The minimum Gasteiger partial charge on any atom is -0.507 e. The number of benzene rings is 4. The molecule has 0 radical (unpaired) electrons. The Morgan fingerprint density at radius 1 is 0.567 bits per heavy atom. The van der Waals surface area contributed by atoms with Gasteiger partial charge in [0.05, 0.1) is 24.4 Å². The van der Waals surface area contributed by atoms with Crippen molar-refractivity contribution >= 4 is 45.2 Å². The first-order valence-corrected chi connectivity index (χ1v) is 20.8. The van der Waals surface area contributed by atoms with Gasteiger partial charge in [-0.15, -0.1) is 0 Å². The number of aryl methyl sites for hydroxylation is 2. The molecule has 0 heterocycles. The first kappa shape index (κ1) is 43.2. The molecule has 0 aromatic heterocycles. The lowest BCUT2D eigenvalue weighted by Crippen LogP contribution is -2.20. The van der Waals surface area contributed by atoms with Gasteiger partial charge in [0.2, 0.25) is 11.6 Å². The van der Waals surface area contributed by atoms with Crippen LogP contribution in [0.25, 0.3) is 33.4 Å². The summed E-state index contributed by atoms with van der Waals surface area (Å²) in [7, 11) is 0. The van der Waals surface area contributed by atoms with E-state index >= 15 is 0 Å². The Morgan fingerprint density at radius 2 is 0.917 bits per heavy atom. The molecule has 2 aliphatic rings. The van der Waals surface area contributed by atoms with E-state index in [9.17, 15) is 30.0 Å².